The third-order valence-electron chi connectivity index (χ3n) is 3.32. The number of amidine groups is 1. The fraction of sp³-hybridized carbons (Fsp3) is 0.133. The van der Waals surface area contributed by atoms with Crippen LogP contribution in [0, 0.1) is 0 Å². The standard InChI is InChI=1S/C15H12N2S3/c1-4-10(18-7-1)13-14(11-5-2-8-19-11)17-15(16-13)12-6-3-9-20-12/h1-9,13-14H,(H,16,17)/t13-,14-/m1/s1. The summed E-state index contributed by atoms with van der Waals surface area (Å²) >= 11 is 5.31. The summed E-state index contributed by atoms with van der Waals surface area (Å²) in [4.78, 5) is 8.82. The average molecular weight is 316 g/mol. The predicted molar refractivity (Wildman–Crippen MR) is 88.1 cm³/mol. The molecule has 0 bridgehead atoms. The van der Waals surface area contributed by atoms with Gasteiger partial charge in [-0.1, -0.05) is 18.2 Å². The van der Waals surface area contributed by atoms with Crippen molar-refractivity contribution in [2.24, 2.45) is 4.99 Å². The van der Waals surface area contributed by atoms with E-state index < -0.39 is 0 Å². The van der Waals surface area contributed by atoms with Crippen molar-refractivity contribution in [1.82, 2.24) is 5.32 Å². The smallest absolute Gasteiger partial charge is 0.139 e. The summed E-state index contributed by atoms with van der Waals surface area (Å²) in [6.07, 6.45) is 0. The molecule has 0 aliphatic carbocycles. The maximum atomic E-state index is 4.94. The molecule has 3 aromatic heterocycles. The number of hydrogen-bond donors (Lipinski definition) is 1. The van der Waals surface area contributed by atoms with E-state index in [1.54, 1.807) is 34.0 Å². The Morgan fingerprint density at radius 2 is 1.55 bits per heavy atom. The normalized spacial score (nSPS) is 21.7. The van der Waals surface area contributed by atoms with Crippen LogP contribution in [0.15, 0.2) is 57.5 Å². The van der Waals surface area contributed by atoms with E-state index in [9.17, 15) is 0 Å². The molecule has 0 unspecified atom stereocenters. The number of rotatable bonds is 3. The maximum Gasteiger partial charge on any atom is 0.139 e. The second-order valence-corrected chi connectivity index (χ2v) is 7.46. The Bertz CT molecular complexity index is 696. The minimum absolute atomic E-state index is 0.186. The van der Waals surface area contributed by atoms with Crippen LogP contribution >= 0.6 is 34.0 Å². The van der Waals surface area contributed by atoms with E-state index in [0.717, 1.165) is 5.84 Å². The van der Waals surface area contributed by atoms with Crippen molar-refractivity contribution in [2.75, 3.05) is 0 Å². The molecule has 5 heteroatoms. The molecule has 1 aliphatic heterocycles. The molecule has 0 fully saturated rings. The molecular weight excluding hydrogens is 304 g/mol. The molecule has 0 saturated carbocycles. The van der Waals surface area contributed by atoms with Gasteiger partial charge < -0.3 is 5.32 Å². The van der Waals surface area contributed by atoms with Gasteiger partial charge in [0.25, 0.3) is 0 Å². The van der Waals surface area contributed by atoms with Crippen LogP contribution in [0.5, 0.6) is 0 Å². The van der Waals surface area contributed by atoms with E-state index in [1.807, 2.05) is 0 Å². The Labute approximate surface area is 129 Å². The third kappa shape index (κ3) is 2.12. The molecule has 2 nitrogen and oxygen atoms in total. The van der Waals surface area contributed by atoms with E-state index >= 15 is 0 Å². The molecule has 4 rings (SSSR count). The Kier molecular flexibility index (Phi) is 3.18. The van der Waals surface area contributed by atoms with Gasteiger partial charge in [-0.25, -0.2) is 0 Å². The van der Waals surface area contributed by atoms with Gasteiger partial charge in [0.2, 0.25) is 0 Å². The Morgan fingerprint density at radius 1 is 0.850 bits per heavy atom. The molecular formula is C15H12N2S3. The summed E-state index contributed by atoms with van der Waals surface area (Å²) in [5.41, 5.74) is 0. The fourth-order valence-corrected chi connectivity index (χ4v) is 4.70. The zero-order chi connectivity index (χ0) is 13.4. The largest absolute Gasteiger partial charge is 0.359 e. The minimum atomic E-state index is 0.186. The molecule has 0 radical (unpaired) electrons. The van der Waals surface area contributed by atoms with Gasteiger partial charge in [-0.2, -0.15) is 0 Å². The van der Waals surface area contributed by atoms with Crippen molar-refractivity contribution < 1.29 is 0 Å². The second-order valence-electron chi connectivity index (χ2n) is 4.55. The number of aliphatic imine (C=N–C) groups is 1. The molecule has 0 spiro atoms. The van der Waals surface area contributed by atoms with E-state index in [2.05, 4.69) is 57.9 Å². The lowest BCUT2D eigenvalue weighted by Gasteiger charge is -2.16. The zero-order valence-electron chi connectivity index (χ0n) is 10.5. The highest BCUT2D eigenvalue weighted by molar-refractivity contribution is 7.12. The van der Waals surface area contributed by atoms with Gasteiger partial charge in [0, 0.05) is 9.75 Å². The first-order valence-corrected chi connectivity index (χ1v) is 9.01. The molecule has 20 heavy (non-hydrogen) atoms. The minimum Gasteiger partial charge on any atom is -0.359 e. The van der Waals surface area contributed by atoms with Crippen molar-refractivity contribution in [1.29, 1.82) is 0 Å². The van der Waals surface area contributed by atoms with E-state index in [0.29, 0.717) is 0 Å². The Balaban J connectivity index is 1.74. The van der Waals surface area contributed by atoms with Crippen molar-refractivity contribution in [3.05, 3.63) is 67.2 Å². The molecule has 4 heterocycles. The zero-order valence-corrected chi connectivity index (χ0v) is 13.0. The molecule has 1 N–H and O–H groups in total. The molecule has 100 valence electrons. The van der Waals surface area contributed by atoms with E-state index in [-0.39, 0.29) is 12.1 Å². The molecule has 0 saturated heterocycles. The SMILES string of the molecule is c1csc(C2=N[C@H](c3cccs3)[C@@H](c3cccs3)N2)c1. The van der Waals surface area contributed by atoms with Crippen LogP contribution in [-0.4, -0.2) is 5.84 Å². The summed E-state index contributed by atoms with van der Waals surface area (Å²) in [6, 6.07) is 13.2. The average Bonchev–Trinajstić information content (AvgIpc) is 3.22. The Morgan fingerprint density at radius 3 is 2.20 bits per heavy atom. The number of hydrogen-bond acceptors (Lipinski definition) is 5. The highest BCUT2D eigenvalue weighted by atomic mass is 32.1. The number of nitrogens with zero attached hydrogens (tertiary/aromatic N) is 1. The molecule has 0 amide bonds. The van der Waals surface area contributed by atoms with Crippen LogP contribution in [0.1, 0.15) is 26.7 Å². The highest BCUT2D eigenvalue weighted by Gasteiger charge is 2.33. The molecule has 1 aliphatic rings. The monoisotopic (exact) mass is 316 g/mol. The third-order valence-corrected chi connectivity index (χ3v) is 6.09. The summed E-state index contributed by atoms with van der Waals surface area (Å²) in [5, 5.41) is 9.96. The highest BCUT2D eigenvalue weighted by Crippen LogP contribution is 2.40. The summed E-state index contributed by atoms with van der Waals surface area (Å²) in [6.45, 7) is 0. The van der Waals surface area contributed by atoms with Crippen LogP contribution in [0.2, 0.25) is 0 Å². The van der Waals surface area contributed by atoms with Crippen LogP contribution in [-0.2, 0) is 0 Å². The van der Waals surface area contributed by atoms with Gasteiger partial charge >= 0.3 is 0 Å². The second kappa shape index (κ2) is 5.16. The van der Waals surface area contributed by atoms with Crippen LogP contribution in [0.4, 0.5) is 0 Å². The number of thiophene rings is 3. The van der Waals surface area contributed by atoms with Crippen molar-refractivity contribution in [3.63, 3.8) is 0 Å². The van der Waals surface area contributed by atoms with Gasteiger partial charge in [0.15, 0.2) is 0 Å². The molecule has 0 aromatic carbocycles. The molecule has 3 aromatic rings. The van der Waals surface area contributed by atoms with Crippen molar-refractivity contribution in [3.8, 4) is 0 Å². The van der Waals surface area contributed by atoms with Crippen LogP contribution in [0.25, 0.3) is 0 Å². The maximum absolute atomic E-state index is 4.94. The van der Waals surface area contributed by atoms with Gasteiger partial charge in [-0.15, -0.1) is 34.0 Å². The van der Waals surface area contributed by atoms with Gasteiger partial charge in [-0.05, 0) is 34.3 Å². The van der Waals surface area contributed by atoms with E-state index in [4.69, 9.17) is 4.99 Å². The first-order chi connectivity index (χ1) is 9.92. The quantitative estimate of drug-likeness (QED) is 0.744. The topological polar surface area (TPSA) is 24.4 Å². The van der Waals surface area contributed by atoms with Gasteiger partial charge in [0.1, 0.15) is 11.9 Å². The lowest BCUT2D eigenvalue weighted by molar-refractivity contribution is 0.589. The molecule has 2 atom stereocenters. The van der Waals surface area contributed by atoms with Gasteiger partial charge in [-0.3, -0.25) is 4.99 Å². The van der Waals surface area contributed by atoms with Crippen molar-refractivity contribution >= 4 is 39.8 Å². The first kappa shape index (κ1) is 12.3. The van der Waals surface area contributed by atoms with Gasteiger partial charge in [0.05, 0.1) is 10.9 Å². The summed E-state index contributed by atoms with van der Waals surface area (Å²) < 4.78 is 0. The lowest BCUT2D eigenvalue weighted by Crippen LogP contribution is -2.23. The lowest BCUT2D eigenvalue weighted by atomic mass is 10.1. The predicted octanol–water partition coefficient (Wildman–Crippen LogP) is 4.70. The first-order valence-electron chi connectivity index (χ1n) is 6.37. The summed E-state index contributed by atoms with van der Waals surface area (Å²) in [7, 11) is 0. The summed E-state index contributed by atoms with van der Waals surface area (Å²) in [5.74, 6) is 1.02. The number of nitrogens with one attached hydrogen (secondary N) is 1. The van der Waals surface area contributed by atoms with Crippen LogP contribution < -0.4 is 5.32 Å². The van der Waals surface area contributed by atoms with Crippen molar-refractivity contribution in [2.45, 2.75) is 12.1 Å². The van der Waals surface area contributed by atoms with Crippen LogP contribution in [0.3, 0.4) is 0 Å². The van der Waals surface area contributed by atoms with E-state index in [1.165, 1.54) is 14.6 Å². The fourth-order valence-electron chi connectivity index (χ4n) is 2.41. The Hall–Kier alpha value is -1.43.